The molecule has 0 radical (unpaired) electrons. The van der Waals surface area contributed by atoms with Crippen LogP contribution in [0.4, 0.5) is 0 Å². The molecule has 2 N–H and O–H groups in total. The molecule has 1 unspecified atom stereocenters. The van der Waals surface area contributed by atoms with Gasteiger partial charge in [-0.05, 0) is 37.1 Å². The van der Waals surface area contributed by atoms with E-state index >= 15 is 0 Å². The van der Waals surface area contributed by atoms with Crippen molar-refractivity contribution < 1.29 is 9.90 Å². The van der Waals surface area contributed by atoms with Gasteiger partial charge >= 0.3 is 0 Å². The summed E-state index contributed by atoms with van der Waals surface area (Å²) in [5.41, 5.74) is 1.12. The lowest BCUT2D eigenvalue weighted by atomic mass is 10.1. The average molecular weight is 376 g/mol. The van der Waals surface area contributed by atoms with Crippen molar-refractivity contribution in [2.24, 2.45) is 0 Å². The molecule has 0 aliphatic carbocycles. The van der Waals surface area contributed by atoms with Gasteiger partial charge in [-0.15, -0.1) is 24.8 Å². The first-order chi connectivity index (χ1) is 10.7. The number of halogens is 2. The lowest BCUT2D eigenvalue weighted by Crippen LogP contribution is -2.49. The first-order valence-electron chi connectivity index (χ1n) is 8.22. The van der Waals surface area contributed by atoms with E-state index in [-0.39, 0.29) is 30.7 Å². The number of hydrogen-bond donors (Lipinski definition) is 2. The molecule has 0 spiro atoms. The van der Waals surface area contributed by atoms with Crippen LogP contribution in [0.25, 0.3) is 0 Å². The highest BCUT2D eigenvalue weighted by atomic mass is 35.5. The summed E-state index contributed by atoms with van der Waals surface area (Å²) in [5.74, 6) is 0.604. The molecule has 7 heteroatoms. The summed E-state index contributed by atoms with van der Waals surface area (Å²) >= 11 is 0. The second-order valence-corrected chi connectivity index (χ2v) is 6.32. The minimum Gasteiger partial charge on any atom is -0.508 e. The predicted octanol–water partition coefficient (Wildman–Crippen LogP) is 2.02. The van der Waals surface area contributed by atoms with Crippen LogP contribution in [0.15, 0.2) is 24.3 Å². The third-order valence-electron chi connectivity index (χ3n) is 4.63. The van der Waals surface area contributed by atoms with Gasteiger partial charge in [0.25, 0.3) is 0 Å². The van der Waals surface area contributed by atoms with E-state index in [1.54, 1.807) is 6.07 Å². The van der Waals surface area contributed by atoms with Crippen LogP contribution in [0.2, 0.25) is 0 Å². The van der Waals surface area contributed by atoms with Crippen molar-refractivity contribution in [3.8, 4) is 5.75 Å². The molecule has 2 fully saturated rings. The first-order valence-corrected chi connectivity index (χ1v) is 8.22. The Labute approximate surface area is 156 Å². The van der Waals surface area contributed by atoms with E-state index in [0.29, 0.717) is 18.2 Å². The average Bonchev–Trinajstić information content (AvgIpc) is 3.01. The van der Waals surface area contributed by atoms with Crippen LogP contribution in [-0.4, -0.2) is 59.6 Å². The summed E-state index contributed by atoms with van der Waals surface area (Å²) in [4.78, 5) is 16.6. The molecule has 3 rings (SSSR count). The Bertz CT molecular complexity index is 516. The van der Waals surface area contributed by atoms with E-state index in [4.69, 9.17) is 0 Å². The van der Waals surface area contributed by atoms with Crippen LogP contribution in [0.5, 0.6) is 5.75 Å². The molecule has 136 valence electrons. The molecule has 1 atom stereocenters. The summed E-state index contributed by atoms with van der Waals surface area (Å²) in [5, 5.41) is 12.9. The zero-order valence-corrected chi connectivity index (χ0v) is 15.5. The molecule has 2 heterocycles. The maximum Gasteiger partial charge on any atom is 0.224 e. The fraction of sp³-hybridized carbons (Fsp3) is 0.588. The normalized spacial score (nSPS) is 21.0. The van der Waals surface area contributed by atoms with Crippen LogP contribution in [0, 0.1) is 0 Å². The predicted molar refractivity (Wildman–Crippen MR) is 100 cm³/mol. The van der Waals surface area contributed by atoms with Crippen molar-refractivity contribution in [3.05, 3.63) is 29.8 Å². The number of aromatic hydroxyl groups is 1. The molecule has 0 aromatic heterocycles. The number of nitrogens with zero attached hydrogens (tertiary/aromatic N) is 2. The lowest BCUT2D eigenvalue weighted by molar-refractivity contribution is -0.133. The Hall–Kier alpha value is -1.01. The standard InChI is InChI=1S/C17H25N3O2.2ClH/c21-16-5-1-3-14(11-16)13-19-7-9-20(10-8-19)17(22)12-15-4-2-6-18-15;;/h1,3,5,11,15,18,21H,2,4,6-10,12-13H2;2*1H. The minimum absolute atomic E-state index is 0. The van der Waals surface area contributed by atoms with Gasteiger partial charge in [0.05, 0.1) is 0 Å². The summed E-state index contributed by atoms with van der Waals surface area (Å²) in [6.07, 6.45) is 2.96. The van der Waals surface area contributed by atoms with Crippen LogP contribution in [0.1, 0.15) is 24.8 Å². The van der Waals surface area contributed by atoms with Crippen molar-refractivity contribution in [2.75, 3.05) is 32.7 Å². The highest BCUT2D eigenvalue weighted by Crippen LogP contribution is 2.15. The van der Waals surface area contributed by atoms with E-state index < -0.39 is 0 Å². The number of rotatable bonds is 4. The van der Waals surface area contributed by atoms with Gasteiger partial charge in [-0.2, -0.15) is 0 Å². The number of carbonyl (C=O) groups excluding carboxylic acids is 1. The van der Waals surface area contributed by atoms with Crippen molar-refractivity contribution >= 4 is 30.7 Å². The number of benzene rings is 1. The monoisotopic (exact) mass is 375 g/mol. The highest BCUT2D eigenvalue weighted by Gasteiger charge is 2.24. The van der Waals surface area contributed by atoms with E-state index in [1.807, 2.05) is 23.1 Å². The molecule has 5 nitrogen and oxygen atoms in total. The van der Waals surface area contributed by atoms with Crippen LogP contribution >= 0.6 is 24.8 Å². The lowest BCUT2D eigenvalue weighted by Gasteiger charge is -2.35. The quantitative estimate of drug-likeness (QED) is 0.844. The Balaban J connectivity index is 0.00000144. The molecular formula is C17H27Cl2N3O2. The molecule has 1 amide bonds. The van der Waals surface area contributed by atoms with Gasteiger partial charge in [0, 0.05) is 45.2 Å². The Kier molecular flexibility index (Phi) is 8.84. The van der Waals surface area contributed by atoms with Gasteiger partial charge in [-0.25, -0.2) is 0 Å². The number of nitrogens with one attached hydrogen (secondary N) is 1. The fourth-order valence-corrected chi connectivity index (χ4v) is 3.34. The second kappa shape index (κ2) is 10.1. The molecular weight excluding hydrogens is 349 g/mol. The van der Waals surface area contributed by atoms with Crippen molar-refractivity contribution in [2.45, 2.75) is 31.8 Å². The van der Waals surface area contributed by atoms with Gasteiger partial charge < -0.3 is 15.3 Å². The molecule has 0 bridgehead atoms. The van der Waals surface area contributed by atoms with E-state index in [2.05, 4.69) is 10.2 Å². The van der Waals surface area contributed by atoms with E-state index in [0.717, 1.165) is 51.3 Å². The van der Waals surface area contributed by atoms with Gasteiger partial charge in [0.15, 0.2) is 0 Å². The molecule has 2 aliphatic heterocycles. The largest absolute Gasteiger partial charge is 0.508 e. The van der Waals surface area contributed by atoms with Crippen molar-refractivity contribution in [1.29, 1.82) is 0 Å². The van der Waals surface area contributed by atoms with Gasteiger partial charge in [0.2, 0.25) is 5.91 Å². The van der Waals surface area contributed by atoms with Crippen LogP contribution in [-0.2, 0) is 11.3 Å². The van der Waals surface area contributed by atoms with Crippen molar-refractivity contribution in [3.63, 3.8) is 0 Å². The number of piperazine rings is 1. The number of phenolic OH excluding ortho intramolecular Hbond substituents is 1. The second-order valence-electron chi connectivity index (χ2n) is 6.32. The third-order valence-corrected chi connectivity index (χ3v) is 4.63. The molecule has 2 aliphatic rings. The minimum atomic E-state index is 0. The summed E-state index contributed by atoms with van der Waals surface area (Å²) in [6.45, 7) is 5.31. The first kappa shape index (κ1) is 21.0. The Morgan fingerprint density at radius 2 is 1.96 bits per heavy atom. The smallest absolute Gasteiger partial charge is 0.224 e. The zero-order valence-electron chi connectivity index (χ0n) is 13.8. The fourth-order valence-electron chi connectivity index (χ4n) is 3.34. The highest BCUT2D eigenvalue weighted by molar-refractivity contribution is 5.85. The Morgan fingerprint density at radius 1 is 1.21 bits per heavy atom. The molecule has 2 saturated heterocycles. The van der Waals surface area contributed by atoms with Crippen LogP contribution in [0.3, 0.4) is 0 Å². The number of carbonyl (C=O) groups is 1. The maximum atomic E-state index is 12.3. The molecule has 0 saturated carbocycles. The number of hydrogen-bond acceptors (Lipinski definition) is 4. The molecule has 1 aromatic carbocycles. The van der Waals surface area contributed by atoms with Gasteiger partial charge in [-0.3, -0.25) is 9.69 Å². The van der Waals surface area contributed by atoms with Gasteiger partial charge in [-0.1, -0.05) is 12.1 Å². The van der Waals surface area contributed by atoms with E-state index in [9.17, 15) is 9.90 Å². The van der Waals surface area contributed by atoms with Crippen LogP contribution < -0.4 is 5.32 Å². The number of phenols is 1. The topological polar surface area (TPSA) is 55.8 Å². The Morgan fingerprint density at radius 3 is 2.58 bits per heavy atom. The summed E-state index contributed by atoms with van der Waals surface area (Å²) < 4.78 is 0. The SMILES string of the molecule is Cl.Cl.O=C(CC1CCCN1)N1CCN(Cc2cccc(O)c2)CC1. The van der Waals surface area contributed by atoms with E-state index in [1.165, 1.54) is 6.42 Å². The summed E-state index contributed by atoms with van der Waals surface area (Å²) in [6, 6.07) is 7.79. The maximum absolute atomic E-state index is 12.3. The van der Waals surface area contributed by atoms with Gasteiger partial charge in [0.1, 0.15) is 5.75 Å². The summed E-state index contributed by atoms with van der Waals surface area (Å²) in [7, 11) is 0. The zero-order chi connectivity index (χ0) is 15.4. The molecule has 24 heavy (non-hydrogen) atoms. The third kappa shape index (κ3) is 5.81. The molecule has 1 aromatic rings. The van der Waals surface area contributed by atoms with Crippen molar-refractivity contribution in [1.82, 2.24) is 15.1 Å². The number of amides is 1.